The fourth-order valence-electron chi connectivity index (χ4n) is 2.00. The van der Waals surface area contributed by atoms with Crippen LogP contribution in [0.5, 0.6) is 0 Å². The number of hydrogen-bond donors (Lipinski definition) is 2. The number of rotatable bonds is 5. The highest BCUT2D eigenvalue weighted by Gasteiger charge is 2.19. The van der Waals surface area contributed by atoms with Gasteiger partial charge in [0.2, 0.25) is 5.69 Å². The van der Waals surface area contributed by atoms with E-state index in [1.54, 1.807) is 19.1 Å². The van der Waals surface area contributed by atoms with E-state index in [0.29, 0.717) is 21.9 Å². The Hall–Kier alpha value is -2.07. The monoisotopic (exact) mass is 449 g/mol. The van der Waals surface area contributed by atoms with Gasteiger partial charge in [-0.3, -0.25) is 4.79 Å². The molecule has 26 heavy (non-hydrogen) atoms. The zero-order valence-electron chi connectivity index (χ0n) is 14.0. The highest BCUT2D eigenvalue weighted by Crippen LogP contribution is 2.16. The number of carbonyl (C=O) groups is 1. The first-order valence-corrected chi connectivity index (χ1v) is 9.26. The Morgan fingerprint density at radius 2 is 1.81 bits per heavy atom. The third-order valence-corrected chi connectivity index (χ3v) is 4.81. The van der Waals surface area contributed by atoms with Crippen LogP contribution in [0.1, 0.15) is 17.3 Å². The molecule has 0 heterocycles. The molecule has 0 saturated heterocycles. The van der Waals surface area contributed by atoms with Gasteiger partial charge in [-0.1, -0.05) is 46.3 Å². The minimum absolute atomic E-state index is 0. The maximum absolute atomic E-state index is 12.4. The number of halogens is 2. The van der Waals surface area contributed by atoms with Gasteiger partial charge in [-0.15, -0.1) is 0 Å². The molecule has 0 amide bonds. The molecule has 0 aliphatic carbocycles. The predicted molar refractivity (Wildman–Crippen MR) is 106 cm³/mol. The summed E-state index contributed by atoms with van der Waals surface area (Å²) < 4.78 is 0.920. The first-order valence-electron chi connectivity index (χ1n) is 7.48. The molecule has 0 unspecified atom stereocenters. The molecule has 2 aromatic rings. The van der Waals surface area contributed by atoms with Crippen molar-refractivity contribution in [3.05, 3.63) is 75.9 Å². The van der Waals surface area contributed by atoms with Crippen molar-refractivity contribution in [1.29, 1.82) is 5.26 Å². The van der Waals surface area contributed by atoms with Crippen molar-refractivity contribution in [2.75, 3.05) is 5.75 Å². The van der Waals surface area contributed by atoms with Crippen LogP contribution in [0.2, 0.25) is 0 Å². The number of hydrogen-bond acceptors (Lipinski definition) is 4. The lowest BCUT2D eigenvalue weighted by Crippen LogP contribution is -3.00. The molecule has 0 bridgehead atoms. The summed E-state index contributed by atoms with van der Waals surface area (Å²) in [7, 11) is 0. The normalized spacial score (nSPS) is 11.8. The van der Waals surface area contributed by atoms with Gasteiger partial charge >= 0.3 is 0 Å². The maximum Gasteiger partial charge on any atom is 0.259 e. The van der Waals surface area contributed by atoms with Gasteiger partial charge < -0.3 is 18.1 Å². The molecule has 0 spiro atoms. The number of allylic oxidation sites excluding steroid dienone is 1. The summed E-state index contributed by atoms with van der Waals surface area (Å²) in [5.74, 6) is 0.187. The molecule has 0 aromatic heterocycles. The molecule has 134 valence electrons. The first kappa shape index (κ1) is 22.0. The van der Waals surface area contributed by atoms with Gasteiger partial charge in [0, 0.05) is 27.9 Å². The van der Waals surface area contributed by atoms with Gasteiger partial charge in [-0.05, 0) is 30.8 Å². The fourth-order valence-corrected chi connectivity index (χ4v) is 3.25. The van der Waals surface area contributed by atoms with E-state index in [0.717, 1.165) is 10.2 Å². The number of benzene rings is 2. The molecule has 0 aliphatic heterocycles. The van der Waals surface area contributed by atoms with Crippen molar-refractivity contribution in [3.63, 3.8) is 0 Å². The molecule has 7 heteroatoms. The maximum atomic E-state index is 12.4. The zero-order valence-corrected chi connectivity index (χ0v) is 17.2. The fraction of sp³-hybridized carbons (Fsp3) is 0.105. The highest BCUT2D eigenvalue weighted by atomic mass is 79.9. The SMILES string of the molecule is C/C(N)=C(\C#N)C(=[NH+]c1ccccc1)SCC(=O)c1ccc(Br)cc1.[Cl-]. The van der Waals surface area contributed by atoms with Crippen molar-refractivity contribution in [2.45, 2.75) is 6.92 Å². The Morgan fingerprint density at radius 3 is 2.35 bits per heavy atom. The molecule has 0 radical (unpaired) electrons. The number of carbonyl (C=O) groups excluding carboxylic acids is 1. The Labute approximate surface area is 171 Å². The number of nitrogens with one attached hydrogen (secondary N) is 1. The van der Waals surface area contributed by atoms with Crippen LogP contribution in [0.3, 0.4) is 0 Å². The van der Waals surface area contributed by atoms with E-state index in [4.69, 9.17) is 5.73 Å². The number of ketones is 1. The molecule has 4 nitrogen and oxygen atoms in total. The number of nitrogens with zero attached hydrogens (tertiary/aromatic N) is 1. The van der Waals surface area contributed by atoms with E-state index in [1.807, 2.05) is 42.5 Å². The van der Waals surface area contributed by atoms with Crippen molar-refractivity contribution in [2.24, 2.45) is 5.73 Å². The van der Waals surface area contributed by atoms with E-state index in [-0.39, 0.29) is 23.9 Å². The van der Waals surface area contributed by atoms with Gasteiger partial charge in [0.15, 0.2) is 5.78 Å². The largest absolute Gasteiger partial charge is 1.00 e. The molecule has 0 aliphatic rings. The summed E-state index contributed by atoms with van der Waals surface area (Å²) in [6.07, 6.45) is 0. The topological polar surface area (TPSA) is 80.8 Å². The molecule has 0 fully saturated rings. The van der Waals surface area contributed by atoms with Crippen molar-refractivity contribution in [1.82, 2.24) is 0 Å². The van der Waals surface area contributed by atoms with Crippen LogP contribution >= 0.6 is 27.7 Å². The molecule has 2 rings (SSSR count). The summed E-state index contributed by atoms with van der Waals surface area (Å²) in [6, 6.07) is 18.8. The Bertz CT molecular complexity index is 855. The molecular formula is C19H17BrClN3OS. The predicted octanol–water partition coefficient (Wildman–Crippen LogP) is -0.0639. The third kappa shape index (κ3) is 6.34. The van der Waals surface area contributed by atoms with E-state index in [2.05, 4.69) is 27.0 Å². The average Bonchev–Trinajstić information content (AvgIpc) is 2.61. The van der Waals surface area contributed by atoms with Gasteiger partial charge in [0.05, 0.1) is 5.75 Å². The smallest absolute Gasteiger partial charge is 0.259 e. The van der Waals surface area contributed by atoms with Crippen LogP contribution < -0.4 is 23.1 Å². The number of para-hydroxylation sites is 1. The van der Waals surface area contributed by atoms with Gasteiger partial charge in [0.25, 0.3) is 5.04 Å². The second-order valence-electron chi connectivity index (χ2n) is 5.21. The minimum atomic E-state index is -0.0168. The van der Waals surface area contributed by atoms with Crippen LogP contribution in [0.4, 0.5) is 5.69 Å². The van der Waals surface area contributed by atoms with E-state index in [9.17, 15) is 10.1 Å². The number of Topliss-reactive ketones (excluding diaryl/α,β-unsaturated/α-hetero) is 1. The van der Waals surface area contributed by atoms with Crippen LogP contribution in [0, 0.1) is 11.3 Å². The quantitative estimate of drug-likeness (QED) is 0.289. The minimum Gasteiger partial charge on any atom is -1.00 e. The zero-order chi connectivity index (χ0) is 18.2. The second-order valence-corrected chi connectivity index (χ2v) is 7.11. The Balaban J connectivity index is 0.00000338. The van der Waals surface area contributed by atoms with Crippen LogP contribution in [-0.2, 0) is 0 Å². The second kappa shape index (κ2) is 10.8. The summed E-state index contributed by atoms with van der Waals surface area (Å²) in [5.41, 5.74) is 8.04. The highest BCUT2D eigenvalue weighted by molar-refractivity contribution is 9.10. The molecular weight excluding hydrogens is 434 g/mol. The van der Waals surface area contributed by atoms with E-state index < -0.39 is 0 Å². The van der Waals surface area contributed by atoms with Crippen LogP contribution in [-0.4, -0.2) is 16.6 Å². The van der Waals surface area contributed by atoms with Crippen molar-refractivity contribution >= 4 is 44.2 Å². The van der Waals surface area contributed by atoms with Crippen molar-refractivity contribution < 1.29 is 22.2 Å². The molecule has 0 saturated carbocycles. The van der Waals surface area contributed by atoms with E-state index in [1.165, 1.54) is 11.8 Å². The summed E-state index contributed by atoms with van der Waals surface area (Å²) in [4.78, 5) is 15.6. The summed E-state index contributed by atoms with van der Waals surface area (Å²) in [6.45, 7) is 1.67. The standard InChI is InChI=1S/C19H16BrN3OS.ClH/c1-13(22)17(11-21)19(23-16-5-3-2-4-6-16)25-12-18(24)14-7-9-15(20)10-8-14;/h2-10H,12,22H2,1H3;1H/b17-13-,23-19?;. The molecule has 3 N–H and O–H groups in total. The Morgan fingerprint density at radius 1 is 1.19 bits per heavy atom. The summed E-state index contributed by atoms with van der Waals surface area (Å²) in [5, 5.41) is 9.97. The van der Waals surface area contributed by atoms with Gasteiger partial charge in [0.1, 0.15) is 11.6 Å². The number of nitriles is 1. The van der Waals surface area contributed by atoms with Crippen LogP contribution in [0.15, 0.2) is 70.3 Å². The lowest BCUT2D eigenvalue weighted by molar-refractivity contribution is -0.349. The lowest BCUT2D eigenvalue weighted by atomic mass is 10.2. The van der Waals surface area contributed by atoms with E-state index >= 15 is 0 Å². The van der Waals surface area contributed by atoms with Crippen molar-refractivity contribution in [3.8, 4) is 6.07 Å². The van der Waals surface area contributed by atoms with Crippen LogP contribution in [0.25, 0.3) is 0 Å². The third-order valence-electron chi connectivity index (χ3n) is 3.28. The van der Waals surface area contributed by atoms with Gasteiger partial charge in [-0.25, -0.2) is 0 Å². The first-order chi connectivity index (χ1) is 12.0. The average molecular weight is 451 g/mol. The molecule has 0 atom stereocenters. The lowest BCUT2D eigenvalue weighted by Gasteiger charge is -2.03. The van der Waals surface area contributed by atoms with Gasteiger partial charge in [-0.2, -0.15) is 10.3 Å². The number of thioether (sulfide) groups is 1. The number of nitrogens with two attached hydrogens (primary N) is 1. The summed E-state index contributed by atoms with van der Waals surface area (Å²) >= 11 is 4.62. The Kier molecular flexibility index (Phi) is 9.14. The molecule has 2 aromatic carbocycles.